The van der Waals surface area contributed by atoms with Gasteiger partial charge in [-0.15, -0.1) is 0 Å². The van der Waals surface area contributed by atoms with Gasteiger partial charge < -0.3 is 0 Å². The van der Waals surface area contributed by atoms with Crippen molar-refractivity contribution in [2.45, 2.75) is 46.0 Å². The summed E-state index contributed by atoms with van der Waals surface area (Å²) in [6.45, 7) is 6.41. The first-order valence-electron chi connectivity index (χ1n) is 5.43. The minimum atomic E-state index is -0.117. The topological polar surface area (TPSA) is 0 Å². The predicted molar refractivity (Wildman–Crippen MR) is 59.1 cm³/mol. The maximum absolute atomic E-state index is 13.0. The van der Waals surface area contributed by atoms with Crippen molar-refractivity contribution in [2.75, 3.05) is 0 Å². The van der Waals surface area contributed by atoms with E-state index in [1.54, 1.807) is 12.1 Å². The van der Waals surface area contributed by atoms with Gasteiger partial charge in [0, 0.05) is 0 Å². The molecule has 1 aromatic carbocycles. The smallest absolute Gasteiger partial charge is 0.123 e. The molecule has 0 saturated heterocycles. The Balaban J connectivity index is 2.90. The minimum absolute atomic E-state index is 0.117. The van der Waals surface area contributed by atoms with E-state index in [1.165, 1.54) is 24.0 Å². The Labute approximate surface area is 86.2 Å². The van der Waals surface area contributed by atoms with Crippen molar-refractivity contribution in [1.29, 1.82) is 0 Å². The molecule has 1 heteroatoms. The Morgan fingerprint density at radius 3 is 2.57 bits per heavy atom. The van der Waals surface area contributed by atoms with Gasteiger partial charge in [-0.05, 0) is 42.0 Å². The second kappa shape index (κ2) is 5.14. The van der Waals surface area contributed by atoms with E-state index in [4.69, 9.17) is 0 Å². The van der Waals surface area contributed by atoms with Crippen LogP contribution in [0.25, 0.3) is 0 Å². The van der Waals surface area contributed by atoms with Gasteiger partial charge in [0.1, 0.15) is 5.82 Å². The highest BCUT2D eigenvalue weighted by Crippen LogP contribution is 2.22. The Hall–Kier alpha value is -0.850. The highest BCUT2D eigenvalue weighted by atomic mass is 19.1. The maximum atomic E-state index is 13.0. The first-order chi connectivity index (χ1) is 6.65. The third-order valence-corrected chi connectivity index (χ3v) is 2.53. The van der Waals surface area contributed by atoms with Crippen LogP contribution in [-0.2, 0) is 6.42 Å². The van der Waals surface area contributed by atoms with Crippen molar-refractivity contribution in [1.82, 2.24) is 0 Å². The molecule has 0 unspecified atom stereocenters. The van der Waals surface area contributed by atoms with Crippen LogP contribution in [0.4, 0.5) is 4.39 Å². The Bertz CT molecular complexity index is 289. The molecule has 1 rings (SSSR count). The number of unbranched alkanes of at least 4 members (excludes halogenated alkanes) is 1. The van der Waals surface area contributed by atoms with E-state index >= 15 is 0 Å². The summed E-state index contributed by atoms with van der Waals surface area (Å²) in [7, 11) is 0. The van der Waals surface area contributed by atoms with E-state index in [2.05, 4.69) is 20.8 Å². The van der Waals surface area contributed by atoms with Crippen molar-refractivity contribution >= 4 is 0 Å². The fraction of sp³-hybridized carbons (Fsp3) is 0.538. The van der Waals surface area contributed by atoms with Crippen LogP contribution in [0.3, 0.4) is 0 Å². The van der Waals surface area contributed by atoms with E-state index in [9.17, 15) is 4.39 Å². The van der Waals surface area contributed by atoms with Crippen LogP contribution in [0.1, 0.15) is 50.7 Å². The summed E-state index contributed by atoms with van der Waals surface area (Å²) < 4.78 is 13.0. The van der Waals surface area contributed by atoms with Gasteiger partial charge in [-0.1, -0.05) is 33.3 Å². The first kappa shape index (κ1) is 11.2. The summed E-state index contributed by atoms with van der Waals surface area (Å²) in [5.74, 6) is 0.298. The second-order valence-corrected chi connectivity index (χ2v) is 4.10. The molecule has 0 bridgehead atoms. The van der Waals surface area contributed by atoms with Crippen LogP contribution in [0, 0.1) is 5.82 Å². The molecular formula is C13H19F. The number of hydrogen-bond donors (Lipinski definition) is 0. The normalized spacial score (nSPS) is 10.9. The van der Waals surface area contributed by atoms with Gasteiger partial charge in [0.05, 0.1) is 0 Å². The molecule has 14 heavy (non-hydrogen) atoms. The Morgan fingerprint density at radius 2 is 2.00 bits per heavy atom. The lowest BCUT2D eigenvalue weighted by Crippen LogP contribution is -1.97. The SMILES string of the molecule is CCCCc1ccc(F)cc1C(C)C. The molecule has 0 spiro atoms. The predicted octanol–water partition coefficient (Wildman–Crippen LogP) is 4.29. The molecule has 1 aromatic rings. The molecule has 0 aliphatic heterocycles. The fourth-order valence-corrected chi connectivity index (χ4v) is 1.70. The average molecular weight is 194 g/mol. The Kier molecular flexibility index (Phi) is 4.12. The van der Waals surface area contributed by atoms with Crippen LogP contribution in [0.5, 0.6) is 0 Å². The molecule has 0 aliphatic rings. The lowest BCUT2D eigenvalue weighted by molar-refractivity contribution is 0.620. The largest absolute Gasteiger partial charge is 0.207 e. The number of halogens is 1. The zero-order chi connectivity index (χ0) is 10.6. The average Bonchev–Trinajstić information content (AvgIpc) is 2.15. The third-order valence-electron chi connectivity index (χ3n) is 2.53. The monoisotopic (exact) mass is 194 g/mol. The zero-order valence-corrected chi connectivity index (χ0v) is 9.31. The lowest BCUT2D eigenvalue weighted by Gasteiger charge is -2.12. The maximum Gasteiger partial charge on any atom is 0.123 e. The van der Waals surface area contributed by atoms with Crippen molar-refractivity contribution in [3.05, 3.63) is 35.1 Å². The zero-order valence-electron chi connectivity index (χ0n) is 9.31. The lowest BCUT2D eigenvalue weighted by atomic mass is 9.94. The highest BCUT2D eigenvalue weighted by molar-refractivity contribution is 5.30. The van der Waals surface area contributed by atoms with E-state index in [0.717, 1.165) is 6.42 Å². The van der Waals surface area contributed by atoms with Crippen molar-refractivity contribution in [3.63, 3.8) is 0 Å². The molecule has 0 aliphatic carbocycles. The summed E-state index contributed by atoms with van der Waals surface area (Å²) in [5.41, 5.74) is 2.47. The summed E-state index contributed by atoms with van der Waals surface area (Å²) in [6, 6.07) is 5.17. The molecule has 78 valence electrons. The van der Waals surface area contributed by atoms with Crippen molar-refractivity contribution < 1.29 is 4.39 Å². The molecule has 0 heterocycles. The number of rotatable bonds is 4. The molecular weight excluding hydrogens is 175 g/mol. The van der Waals surface area contributed by atoms with Gasteiger partial charge in [0.15, 0.2) is 0 Å². The molecule has 0 atom stereocenters. The van der Waals surface area contributed by atoms with Crippen LogP contribution in [0.15, 0.2) is 18.2 Å². The van der Waals surface area contributed by atoms with Gasteiger partial charge in [0.25, 0.3) is 0 Å². The molecule has 0 amide bonds. The highest BCUT2D eigenvalue weighted by Gasteiger charge is 2.07. The fourth-order valence-electron chi connectivity index (χ4n) is 1.70. The van der Waals surface area contributed by atoms with E-state index in [-0.39, 0.29) is 5.82 Å². The van der Waals surface area contributed by atoms with Gasteiger partial charge in [-0.3, -0.25) is 0 Å². The van der Waals surface area contributed by atoms with Crippen LogP contribution in [0.2, 0.25) is 0 Å². The van der Waals surface area contributed by atoms with E-state index < -0.39 is 0 Å². The van der Waals surface area contributed by atoms with Crippen LogP contribution >= 0.6 is 0 Å². The van der Waals surface area contributed by atoms with Gasteiger partial charge in [0.2, 0.25) is 0 Å². The van der Waals surface area contributed by atoms with Crippen molar-refractivity contribution in [3.8, 4) is 0 Å². The first-order valence-corrected chi connectivity index (χ1v) is 5.43. The van der Waals surface area contributed by atoms with E-state index in [1.807, 2.05) is 6.07 Å². The Morgan fingerprint density at radius 1 is 1.29 bits per heavy atom. The van der Waals surface area contributed by atoms with Crippen LogP contribution < -0.4 is 0 Å². The number of benzene rings is 1. The van der Waals surface area contributed by atoms with Gasteiger partial charge in [-0.25, -0.2) is 4.39 Å². The minimum Gasteiger partial charge on any atom is -0.207 e. The third kappa shape index (κ3) is 2.83. The van der Waals surface area contributed by atoms with Crippen molar-refractivity contribution in [2.24, 2.45) is 0 Å². The van der Waals surface area contributed by atoms with Gasteiger partial charge >= 0.3 is 0 Å². The van der Waals surface area contributed by atoms with Gasteiger partial charge in [-0.2, -0.15) is 0 Å². The molecule has 0 nitrogen and oxygen atoms in total. The summed E-state index contributed by atoms with van der Waals surface area (Å²) in [4.78, 5) is 0. The summed E-state index contributed by atoms with van der Waals surface area (Å²) in [5, 5.41) is 0. The molecule has 0 radical (unpaired) electrons. The standard InChI is InChI=1S/C13H19F/c1-4-5-6-11-7-8-12(14)9-13(11)10(2)3/h7-10H,4-6H2,1-3H3. The summed E-state index contributed by atoms with van der Waals surface area (Å²) >= 11 is 0. The molecule has 0 aromatic heterocycles. The molecule has 0 N–H and O–H groups in total. The molecule has 0 saturated carbocycles. The molecule has 0 fully saturated rings. The summed E-state index contributed by atoms with van der Waals surface area (Å²) in [6.07, 6.45) is 3.45. The second-order valence-electron chi connectivity index (χ2n) is 4.10. The van der Waals surface area contributed by atoms with Crippen LogP contribution in [-0.4, -0.2) is 0 Å². The number of aryl methyl sites for hydroxylation is 1. The number of hydrogen-bond acceptors (Lipinski definition) is 0. The quantitative estimate of drug-likeness (QED) is 0.670. The van der Waals surface area contributed by atoms with E-state index in [0.29, 0.717) is 5.92 Å².